The van der Waals surface area contributed by atoms with Gasteiger partial charge in [-0.1, -0.05) is 0 Å². The number of halogens is 2. The second kappa shape index (κ2) is 6.19. The van der Waals surface area contributed by atoms with E-state index in [4.69, 9.17) is 0 Å². The normalized spacial score (nSPS) is 13.7. The third-order valence-electron chi connectivity index (χ3n) is 3.45. The van der Waals surface area contributed by atoms with Crippen LogP contribution < -0.4 is 15.4 Å². The molecule has 3 rings (SSSR count). The van der Waals surface area contributed by atoms with Crippen LogP contribution >= 0.6 is 0 Å². The van der Waals surface area contributed by atoms with Crippen molar-refractivity contribution in [1.82, 2.24) is 20.1 Å². The van der Waals surface area contributed by atoms with Gasteiger partial charge in [0.1, 0.15) is 6.33 Å². The van der Waals surface area contributed by atoms with Crippen molar-refractivity contribution in [3.63, 3.8) is 0 Å². The SMILES string of the molecule is COc1c(F)cc(NC(=O)NCc2nncn2C2CC2)cc1F. The smallest absolute Gasteiger partial charge is 0.319 e. The molecule has 0 aliphatic heterocycles. The molecule has 1 saturated carbocycles. The van der Waals surface area contributed by atoms with E-state index < -0.39 is 23.4 Å². The summed E-state index contributed by atoms with van der Waals surface area (Å²) in [5, 5.41) is 12.7. The first-order valence-electron chi connectivity index (χ1n) is 7.04. The van der Waals surface area contributed by atoms with Crippen molar-refractivity contribution in [1.29, 1.82) is 0 Å². The summed E-state index contributed by atoms with van der Waals surface area (Å²) >= 11 is 0. The number of anilines is 1. The van der Waals surface area contributed by atoms with Crippen molar-refractivity contribution in [2.75, 3.05) is 12.4 Å². The van der Waals surface area contributed by atoms with Crippen LogP contribution in [-0.4, -0.2) is 27.9 Å². The van der Waals surface area contributed by atoms with Gasteiger partial charge in [0.2, 0.25) is 0 Å². The number of amides is 2. The fourth-order valence-electron chi connectivity index (χ4n) is 2.21. The highest BCUT2D eigenvalue weighted by molar-refractivity contribution is 5.89. The predicted molar refractivity (Wildman–Crippen MR) is 77.1 cm³/mol. The topological polar surface area (TPSA) is 81.1 Å². The Balaban J connectivity index is 1.60. The van der Waals surface area contributed by atoms with Gasteiger partial charge >= 0.3 is 6.03 Å². The van der Waals surface area contributed by atoms with Gasteiger partial charge < -0.3 is 19.9 Å². The van der Waals surface area contributed by atoms with Gasteiger partial charge in [0.15, 0.2) is 23.2 Å². The molecular formula is C14H15F2N5O2. The van der Waals surface area contributed by atoms with Gasteiger partial charge in [-0.05, 0) is 12.8 Å². The third kappa shape index (κ3) is 3.38. The average Bonchev–Trinajstić information content (AvgIpc) is 3.23. The number of nitrogens with zero attached hydrogens (tertiary/aromatic N) is 3. The van der Waals surface area contributed by atoms with Crippen LogP contribution in [0.3, 0.4) is 0 Å². The van der Waals surface area contributed by atoms with E-state index in [-0.39, 0.29) is 12.2 Å². The number of hydrogen-bond acceptors (Lipinski definition) is 4. The second-order valence-electron chi connectivity index (χ2n) is 5.17. The van der Waals surface area contributed by atoms with Crippen LogP contribution in [0, 0.1) is 11.6 Å². The number of rotatable bonds is 5. The molecule has 1 fully saturated rings. The molecule has 1 aromatic heterocycles. The summed E-state index contributed by atoms with van der Waals surface area (Å²) in [5.74, 6) is -1.64. The minimum absolute atomic E-state index is 0.0121. The molecule has 9 heteroatoms. The Morgan fingerprint density at radius 1 is 1.39 bits per heavy atom. The maximum absolute atomic E-state index is 13.6. The van der Waals surface area contributed by atoms with E-state index in [2.05, 4.69) is 25.6 Å². The number of aromatic nitrogens is 3. The number of hydrogen-bond donors (Lipinski definition) is 2. The van der Waals surface area contributed by atoms with Crippen LogP contribution in [-0.2, 0) is 6.54 Å². The van der Waals surface area contributed by atoms with Crippen LogP contribution in [0.25, 0.3) is 0 Å². The average molecular weight is 323 g/mol. The first-order chi connectivity index (χ1) is 11.1. The van der Waals surface area contributed by atoms with E-state index in [1.54, 1.807) is 6.33 Å². The first kappa shape index (κ1) is 15.2. The molecule has 122 valence electrons. The van der Waals surface area contributed by atoms with Gasteiger partial charge in [-0.15, -0.1) is 10.2 Å². The molecule has 1 aromatic carbocycles. The maximum Gasteiger partial charge on any atom is 0.319 e. The van der Waals surface area contributed by atoms with Crippen molar-refractivity contribution >= 4 is 11.7 Å². The van der Waals surface area contributed by atoms with Gasteiger partial charge in [0, 0.05) is 23.9 Å². The molecule has 2 amide bonds. The zero-order chi connectivity index (χ0) is 16.4. The van der Waals surface area contributed by atoms with Crippen molar-refractivity contribution < 1.29 is 18.3 Å². The summed E-state index contributed by atoms with van der Waals surface area (Å²) in [4.78, 5) is 11.8. The summed E-state index contributed by atoms with van der Waals surface area (Å²) in [6.07, 6.45) is 3.77. The molecular weight excluding hydrogens is 308 g/mol. The lowest BCUT2D eigenvalue weighted by molar-refractivity contribution is 0.251. The van der Waals surface area contributed by atoms with E-state index in [0.717, 1.165) is 32.1 Å². The van der Waals surface area contributed by atoms with Gasteiger partial charge in [-0.2, -0.15) is 0 Å². The number of carbonyl (C=O) groups is 1. The summed E-state index contributed by atoms with van der Waals surface area (Å²) in [7, 11) is 1.16. The standard InChI is InChI=1S/C14H15F2N5O2/c1-23-13-10(15)4-8(5-11(13)16)19-14(22)17-6-12-20-18-7-21(12)9-2-3-9/h4-5,7,9H,2-3,6H2,1H3,(H2,17,19,22). The van der Waals surface area contributed by atoms with E-state index in [0.29, 0.717) is 11.9 Å². The Morgan fingerprint density at radius 3 is 2.70 bits per heavy atom. The van der Waals surface area contributed by atoms with Crippen LogP contribution in [0.5, 0.6) is 5.75 Å². The van der Waals surface area contributed by atoms with E-state index in [1.165, 1.54) is 0 Å². The van der Waals surface area contributed by atoms with Crippen molar-refractivity contribution in [2.45, 2.75) is 25.4 Å². The first-order valence-corrected chi connectivity index (χ1v) is 7.04. The highest BCUT2D eigenvalue weighted by atomic mass is 19.1. The third-order valence-corrected chi connectivity index (χ3v) is 3.45. The molecule has 0 radical (unpaired) electrons. The zero-order valence-electron chi connectivity index (χ0n) is 12.3. The largest absolute Gasteiger partial charge is 0.491 e. The summed E-state index contributed by atoms with van der Waals surface area (Å²) < 4.78 is 33.6. The molecule has 23 heavy (non-hydrogen) atoms. The lowest BCUT2D eigenvalue weighted by atomic mass is 10.2. The quantitative estimate of drug-likeness (QED) is 0.884. The summed E-state index contributed by atoms with van der Waals surface area (Å²) in [6.45, 7) is 0.170. The van der Waals surface area contributed by atoms with Gasteiger partial charge in [-0.3, -0.25) is 0 Å². The number of carbonyl (C=O) groups excluding carboxylic acids is 1. The van der Waals surface area contributed by atoms with Crippen LogP contribution in [0.15, 0.2) is 18.5 Å². The molecule has 0 atom stereocenters. The molecule has 7 nitrogen and oxygen atoms in total. The molecule has 0 saturated heterocycles. The lowest BCUT2D eigenvalue weighted by Gasteiger charge is -2.10. The molecule has 0 unspecified atom stereocenters. The number of methoxy groups -OCH3 is 1. The Kier molecular flexibility index (Phi) is 4.09. The fraction of sp³-hybridized carbons (Fsp3) is 0.357. The van der Waals surface area contributed by atoms with Crippen molar-refractivity contribution in [3.05, 3.63) is 35.9 Å². The number of benzene rings is 1. The summed E-state index contributed by atoms with van der Waals surface area (Å²) in [5.41, 5.74) is -0.0121. The van der Waals surface area contributed by atoms with Crippen LogP contribution in [0.4, 0.5) is 19.3 Å². The lowest BCUT2D eigenvalue weighted by Crippen LogP contribution is -2.29. The molecule has 0 bridgehead atoms. The van der Waals surface area contributed by atoms with Gasteiger partial charge in [0.25, 0.3) is 0 Å². The Bertz CT molecular complexity index is 707. The minimum atomic E-state index is -0.892. The highest BCUT2D eigenvalue weighted by Crippen LogP contribution is 2.35. The predicted octanol–water partition coefficient (Wildman–Crippen LogP) is 2.22. The molecule has 1 aliphatic rings. The Labute approximate surface area is 130 Å². The number of ether oxygens (including phenoxy) is 1. The minimum Gasteiger partial charge on any atom is -0.491 e. The monoisotopic (exact) mass is 323 g/mol. The van der Waals surface area contributed by atoms with E-state index in [9.17, 15) is 13.6 Å². The number of urea groups is 1. The van der Waals surface area contributed by atoms with E-state index in [1.807, 2.05) is 4.57 Å². The highest BCUT2D eigenvalue weighted by Gasteiger charge is 2.26. The Morgan fingerprint density at radius 2 is 2.09 bits per heavy atom. The van der Waals surface area contributed by atoms with Crippen molar-refractivity contribution in [2.24, 2.45) is 0 Å². The van der Waals surface area contributed by atoms with E-state index >= 15 is 0 Å². The second-order valence-corrected chi connectivity index (χ2v) is 5.17. The molecule has 0 spiro atoms. The fourth-order valence-corrected chi connectivity index (χ4v) is 2.21. The molecule has 1 aliphatic carbocycles. The van der Waals surface area contributed by atoms with Gasteiger partial charge in [0.05, 0.1) is 13.7 Å². The van der Waals surface area contributed by atoms with Gasteiger partial charge in [-0.25, -0.2) is 13.6 Å². The van der Waals surface area contributed by atoms with Crippen molar-refractivity contribution in [3.8, 4) is 5.75 Å². The maximum atomic E-state index is 13.6. The molecule has 1 heterocycles. The van der Waals surface area contributed by atoms with Crippen LogP contribution in [0.1, 0.15) is 24.7 Å². The molecule has 2 N–H and O–H groups in total. The molecule has 2 aromatic rings. The van der Waals surface area contributed by atoms with Crippen LogP contribution in [0.2, 0.25) is 0 Å². The Hall–Kier alpha value is -2.71. The zero-order valence-corrected chi connectivity index (χ0v) is 12.3. The summed E-state index contributed by atoms with van der Waals surface area (Å²) in [6, 6.07) is 1.76. The number of nitrogens with one attached hydrogen (secondary N) is 2.